The van der Waals surface area contributed by atoms with Crippen molar-refractivity contribution in [2.75, 3.05) is 5.32 Å². The molecule has 0 aliphatic carbocycles. The molecular weight excluding hydrogens is 337 g/mol. The first-order chi connectivity index (χ1) is 11.4. The maximum atomic E-state index is 13.4. The first-order valence-corrected chi connectivity index (χ1v) is 7.41. The number of nitrogens with one attached hydrogen (secondary N) is 2. The number of benzene rings is 2. The molecule has 1 unspecified atom stereocenters. The lowest BCUT2D eigenvalue weighted by molar-refractivity contribution is 0.209. The molecule has 1 amide bonds. The number of anilines is 1. The first kappa shape index (κ1) is 16.1. The predicted molar refractivity (Wildman–Crippen MR) is 88.2 cm³/mol. The molecule has 24 heavy (non-hydrogen) atoms. The number of hydrogen-bond donors (Lipinski definition) is 3. The highest BCUT2D eigenvalue weighted by atomic mass is 35.5. The molecule has 0 spiro atoms. The van der Waals surface area contributed by atoms with Gasteiger partial charge in [0.05, 0.1) is 11.0 Å². The molecule has 0 bridgehead atoms. The SMILES string of the molecule is CC(Oc1ccc2nc(NC(=O)O)[nH]c2c1)c1cc(F)ccc1Cl. The van der Waals surface area contributed by atoms with E-state index in [1.807, 2.05) is 0 Å². The molecule has 3 N–H and O–H groups in total. The van der Waals surface area contributed by atoms with Gasteiger partial charge in [0.25, 0.3) is 0 Å². The normalized spacial score (nSPS) is 12.1. The molecular formula is C16H13ClFN3O3. The van der Waals surface area contributed by atoms with E-state index >= 15 is 0 Å². The van der Waals surface area contributed by atoms with Gasteiger partial charge in [0.15, 0.2) is 0 Å². The van der Waals surface area contributed by atoms with Crippen molar-refractivity contribution in [1.29, 1.82) is 0 Å². The molecule has 124 valence electrons. The summed E-state index contributed by atoms with van der Waals surface area (Å²) >= 11 is 6.08. The van der Waals surface area contributed by atoms with Crippen molar-refractivity contribution in [3.8, 4) is 5.75 Å². The molecule has 0 radical (unpaired) electrons. The number of amides is 1. The van der Waals surface area contributed by atoms with Crippen LogP contribution >= 0.6 is 11.6 Å². The Labute approximate surface area is 141 Å². The van der Waals surface area contributed by atoms with Gasteiger partial charge in [-0.1, -0.05) is 11.6 Å². The Morgan fingerprint density at radius 1 is 1.38 bits per heavy atom. The monoisotopic (exact) mass is 349 g/mol. The van der Waals surface area contributed by atoms with E-state index in [4.69, 9.17) is 21.4 Å². The average molecular weight is 350 g/mol. The van der Waals surface area contributed by atoms with Crippen LogP contribution in [0, 0.1) is 5.82 Å². The third-order valence-corrected chi connectivity index (χ3v) is 3.73. The van der Waals surface area contributed by atoms with Crippen molar-refractivity contribution in [3.63, 3.8) is 0 Å². The number of nitrogens with zero attached hydrogens (tertiary/aromatic N) is 1. The highest BCUT2D eigenvalue weighted by Crippen LogP contribution is 2.29. The summed E-state index contributed by atoms with van der Waals surface area (Å²) in [6.45, 7) is 1.76. The van der Waals surface area contributed by atoms with Crippen LogP contribution in [0.15, 0.2) is 36.4 Å². The number of carboxylic acid groups (broad SMARTS) is 1. The van der Waals surface area contributed by atoms with E-state index in [0.717, 1.165) is 0 Å². The van der Waals surface area contributed by atoms with Crippen LogP contribution in [-0.4, -0.2) is 21.2 Å². The molecule has 0 saturated heterocycles. The second kappa shape index (κ2) is 6.37. The smallest absolute Gasteiger partial charge is 0.411 e. The number of aromatic amines is 1. The van der Waals surface area contributed by atoms with Crippen molar-refractivity contribution in [2.45, 2.75) is 13.0 Å². The van der Waals surface area contributed by atoms with Crippen LogP contribution in [0.5, 0.6) is 5.75 Å². The van der Waals surface area contributed by atoms with Crippen LogP contribution in [0.25, 0.3) is 11.0 Å². The molecule has 3 aromatic rings. The van der Waals surface area contributed by atoms with E-state index in [0.29, 0.717) is 27.4 Å². The van der Waals surface area contributed by atoms with Gasteiger partial charge in [-0.05, 0) is 37.3 Å². The van der Waals surface area contributed by atoms with Gasteiger partial charge in [-0.2, -0.15) is 0 Å². The van der Waals surface area contributed by atoms with Crippen LogP contribution in [0.2, 0.25) is 5.02 Å². The summed E-state index contributed by atoms with van der Waals surface area (Å²) in [5.74, 6) is 0.245. The summed E-state index contributed by atoms with van der Waals surface area (Å²) in [5, 5.41) is 11.3. The molecule has 2 aromatic carbocycles. The minimum absolute atomic E-state index is 0.121. The van der Waals surface area contributed by atoms with Gasteiger partial charge in [0.2, 0.25) is 5.95 Å². The lowest BCUT2D eigenvalue weighted by atomic mass is 10.1. The molecule has 3 rings (SSSR count). The molecule has 0 aliphatic heterocycles. The molecule has 8 heteroatoms. The third-order valence-electron chi connectivity index (χ3n) is 3.39. The van der Waals surface area contributed by atoms with Crippen molar-refractivity contribution in [1.82, 2.24) is 9.97 Å². The number of fused-ring (bicyclic) bond motifs is 1. The van der Waals surface area contributed by atoms with Crippen LogP contribution in [-0.2, 0) is 0 Å². The molecule has 0 fully saturated rings. The van der Waals surface area contributed by atoms with Gasteiger partial charge in [-0.3, -0.25) is 5.32 Å². The zero-order chi connectivity index (χ0) is 17.3. The van der Waals surface area contributed by atoms with Gasteiger partial charge in [-0.25, -0.2) is 14.2 Å². The fraction of sp³-hybridized carbons (Fsp3) is 0.125. The summed E-state index contributed by atoms with van der Waals surface area (Å²) in [5.41, 5.74) is 1.73. The van der Waals surface area contributed by atoms with Crippen molar-refractivity contribution >= 4 is 34.7 Å². The highest BCUT2D eigenvalue weighted by molar-refractivity contribution is 6.31. The lowest BCUT2D eigenvalue weighted by Crippen LogP contribution is -2.08. The minimum atomic E-state index is -1.21. The van der Waals surface area contributed by atoms with E-state index in [9.17, 15) is 9.18 Å². The molecule has 1 heterocycles. The Bertz CT molecular complexity index is 913. The van der Waals surface area contributed by atoms with Gasteiger partial charge >= 0.3 is 6.09 Å². The van der Waals surface area contributed by atoms with Crippen LogP contribution in [0.1, 0.15) is 18.6 Å². The maximum absolute atomic E-state index is 13.4. The molecule has 0 aliphatic rings. The topological polar surface area (TPSA) is 87.2 Å². The summed E-state index contributed by atoms with van der Waals surface area (Å²) < 4.78 is 19.2. The van der Waals surface area contributed by atoms with Crippen LogP contribution in [0.4, 0.5) is 15.1 Å². The van der Waals surface area contributed by atoms with Gasteiger partial charge in [0, 0.05) is 16.7 Å². The maximum Gasteiger partial charge on any atom is 0.411 e. The number of imidazole rings is 1. The largest absolute Gasteiger partial charge is 0.486 e. The second-order valence-electron chi connectivity index (χ2n) is 5.12. The van der Waals surface area contributed by atoms with Gasteiger partial charge in [-0.15, -0.1) is 0 Å². The Kier molecular flexibility index (Phi) is 4.26. The van der Waals surface area contributed by atoms with Crippen molar-refractivity contribution in [3.05, 3.63) is 52.8 Å². The fourth-order valence-electron chi connectivity index (χ4n) is 2.32. The van der Waals surface area contributed by atoms with E-state index in [-0.39, 0.29) is 5.95 Å². The van der Waals surface area contributed by atoms with Crippen molar-refractivity contribution < 1.29 is 19.0 Å². The van der Waals surface area contributed by atoms with E-state index in [1.165, 1.54) is 18.2 Å². The zero-order valence-electron chi connectivity index (χ0n) is 12.5. The second-order valence-corrected chi connectivity index (χ2v) is 5.53. The molecule has 1 aromatic heterocycles. The molecule has 6 nitrogen and oxygen atoms in total. The summed E-state index contributed by atoms with van der Waals surface area (Å²) in [6.07, 6.45) is -1.68. The van der Waals surface area contributed by atoms with E-state index in [1.54, 1.807) is 25.1 Å². The van der Waals surface area contributed by atoms with Gasteiger partial charge in [0.1, 0.15) is 17.7 Å². The summed E-state index contributed by atoms with van der Waals surface area (Å²) in [4.78, 5) is 17.6. The number of ether oxygens (including phenoxy) is 1. The first-order valence-electron chi connectivity index (χ1n) is 7.03. The standard InChI is InChI=1S/C16H13ClFN3O3/c1-8(11-6-9(18)2-4-12(11)17)24-10-3-5-13-14(7-10)20-15(19-13)21-16(22)23/h2-8H,1H3,(H,22,23)(H2,19,20,21). The molecule has 0 saturated carbocycles. The number of hydrogen-bond acceptors (Lipinski definition) is 3. The molecule has 1 atom stereocenters. The Morgan fingerprint density at radius 3 is 2.92 bits per heavy atom. The average Bonchev–Trinajstić information content (AvgIpc) is 2.90. The fourth-order valence-corrected chi connectivity index (χ4v) is 2.59. The van der Waals surface area contributed by atoms with E-state index < -0.39 is 18.0 Å². The van der Waals surface area contributed by atoms with Crippen LogP contribution in [0.3, 0.4) is 0 Å². The number of carbonyl (C=O) groups is 1. The number of halogens is 2. The Balaban J connectivity index is 1.84. The van der Waals surface area contributed by atoms with Crippen LogP contribution < -0.4 is 10.1 Å². The third kappa shape index (κ3) is 3.41. The summed E-state index contributed by atoms with van der Waals surface area (Å²) in [7, 11) is 0. The Hall–Kier alpha value is -2.80. The highest BCUT2D eigenvalue weighted by Gasteiger charge is 2.14. The quantitative estimate of drug-likeness (QED) is 0.643. The number of H-pyrrole nitrogens is 1. The number of rotatable bonds is 4. The predicted octanol–water partition coefficient (Wildman–Crippen LogP) is 4.59. The van der Waals surface area contributed by atoms with E-state index in [2.05, 4.69) is 15.3 Å². The van der Waals surface area contributed by atoms with Crippen molar-refractivity contribution in [2.24, 2.45) is 0 Å². The Morgan fingerprint density at radius 2 is 2.17 bits per heavy atom. The number of aromatic nitrogens is 2. The lowest BCUT2D eigenvalue weighted by Gasteiger charge is -2.16. The summed E-state index contributed by atoms with van der Waals surface area (Å²) in [6, 6.07) is 9.15. The zero-order valence-corrected chi connectivity index (χ0v) is 13.3. The van der Waals surface area contributed by atoms with Gasteiger partial charge < -0.3 is 14.8 Å². The minimum Gasteiger partial charge on any atom is -0.486 e.